The van der Waals surface area contributed by atoms with E-state index in [4.69, 9.17) is 9.84 Å². The van der Waals surface area contributed by atoms with Crippen molar-refractivity contribution in [1.29, 1.82) is 0 Å². The second-order valence-electron chi connectivity index (χ2n) is 4.25. The maximum Gasteiger partial charge on any atom is 0.335 e. The van der Waals surface area contributed by atoms with Crippen LogP contribution in [0.25, 0.3) is 0 Å². The lowest BCUT2D eigenvalue weighted by Gasteiger charge is -2.14. The molecular weight excluding hydrogens is 204 g/mol. The first-order valence-corrected chi connectivity index (χ1v) is 5.62. The van der Waals surface area contributed by atoms with Crippen LogP contribution in [0, 0.1) is 6.92 Å². The number of carboxylic acid groups (broad SMARTS) is 1. The molecule has 0 radical (unpaired) electrons. The lowest BCUT2D eigenvalue weighted by Crippen LogP contribution is -2.13. The Kier molecular flexibility index (Phi) is 3.25. The zero-order valence-corrected chi connectivity index (χ0v) is 9.40. The summed E-state index contributed by atoms with van der Waals surface area (Å²) in [6, 6.07) is 5.41. The summed E-state index contributed by atoms with van der Waals surface area (Å²) in [7, 11) is 0. The minimum atomic E-state index is -0.850. The van der Waals surface area contributed by atoms with Crippen LogP contribution in [0.5, 0.6) is 0 Å². The molecule has 1 unspecified atom stereocenters. The molecule has 86 valence electrons. The van der Waals surface area contributed by atoms with Crippen molar-refractivity contribution >= 4 is 5.97 Å². The van der Waals surface area contributed by atoms with E-state index in [0.29, 0.717) is 12.0 Å². The van der Waals surface area contributed by atoms with Gasteiger partial charge in [0.1, 0.15) is 0 Å². The number of carboxylic acids is 1. The summed E-state index contributed by atoms with van der Waals surface area (Å²) in [6.45, 7) is 2.76. The van der Waals surface area contributed by atoms with Crippen molar-refractivity contribution in [2.75, 3.05) is 6.61 Å². The van der Waals surface area contributed by atoms with E-state index in [1.54, 1.807) is 12.1 Å². The maximum atomic E-state index is 11.1. The van der Waals surface area contributed by atoms with Gasteiger partial charge in [-0.05, 0) is 43.4 Å². The Hall–Kier alpha value is -1.35. The lowest BCUT2D eigenvalue weighted by atomic mass is 9.96. The molecule has 3 heteroatoms. The van der Waals surface area contributed by atoms with E-state index in [2.05, 4.69) is 0 Å². The second kappa shape index (κ2) is 4.66. The SMILES string of the molecule is Cc1cccc(C(=O)O)c1CC1CCCO1. The number of hydrogen-bond acceptors (Lipinski definition) is 2. The van der Waals surface area contributed by atoms with Crippen LogP contribution < -0.4 is 0 Å². The van der Waals surface area contributed by atoms with Crippen LogP contribution in [0.3, 0.4) is 0 Å². The molecule has 0 aromatic heterocycles. The standard InChI is InChI=1S/C13H16O3/c1-9-4-2-6-11(13(14)15)12(9)8-10-5-3-7-16-10/h2,4,6,10H,3,5,7-8H2,1H3,(H,14,15). The number of carbonyl (C=O) groups is 1. The van der Waals surface area contributed by atoms with Crippen molar-refractivity contribution in [2.45, 2.75) is 32.3 Å². The quantitative estimate of drug-likeness (QED) is 0.850. The fourth-order valence-corrected chi connectivity index (χ4v) is 2.21. The highest BCUT2D eigenvalue weighted by Gasteiger charge is 2.20. The fraction of sp³-hybridized carbons (Fsp3) is 0.462. The Labute approximate surface area is 95.0 Å². The molecule has 16 heavy (non-hydrogen) atoms. The van der Waals surface area contributed by atoms with Gasteiger partial charge in [-0.3, -0.25) is 0 Å². The summed E-state index contributed by atoms with van der Waals surface area (Å²) in [5.41, 5.74) is 2.37. The van der Waals surface area contributed by atoms with Crippen molar-refractivity contribution in [3.05, 3.63) is 34.9 Å². The van der Waals surface area contributed by atoms with Crippen molar-refractivity contribution in [3.8, 4) is 0 Å². The average molecular weight is 220 g/mol. The van der Waals surface area contributed by atoms with Crippen LogP contribution in [0.1, 0.15) is 34.3 Å². The summed E-state index contributed by atoms with van der Waals surface area (Å²) in [5, 5.41) is 9.12. The molecule has 0 aliphatic carbocycles. The van der Waals surface area contributed by atoms with Gasteiger partial charge in [0.2, 0.25) is 0 Å². The Morgan fingerprint density at radius 3 is 3.00 bits per heavy atom. The lowest BCUT2D eigenvalue weighted by molar-refractivity contribution is 0.0693. The zero-order valence-electron chi connectivity index (χ0n) is 9.40. The van der Waals surface area contributed by atoms with Gasteiger partial charge in [0.05, 0.1) is 11.7 Å². The molecule has 0 spiro atoms. The highest BCUT2D eigenvalue weighted by atomic mass is 16.5. The van der Waals surface area contributed by atoms with Crippen LogP contribution in [0.2, 0.25) is 0 Å². The normalized spacial score (nSPS) is 19.9. The minimum absolute atomic E-state index is 0.194. The van der Waals surface area contributed by atoms with Gasteiger partial charge in [-0.2, -0.15) is 0 Å². The molecule has 0 bridgehead atoms. The van der Waals surface area contributed by atoms with Crippen molar-refractivity contribution in [2.24, 2.45) is 0 Å². The molecule has 1 N–H and O–H groups in total. The number of hydrogen-bond donors (Lipinski definition) is 1. The van der Waals surface area contributed by atoms with E-state index < -0.39 is 5.97 Å². The number of rotatable bonds is 3. The molecule has 0 amide bonds. The Morgan fingerprint density at radius 1 is 1.56 bits per heavy atom. The van der Waals surface area contributed by atoms with Gasteiger partial charge in [0, 0.05) is 6.61 Å². The van der Waals surface area contributed by atoms with Crippen LogP contribution in [-0.4, -0.2) is 23.8 Å². The predicted octanol–water partition coefficient (Wildman–Crippen LogP) is 2.41. The average Bonchev–Trinajstić information content (AvgIpc) is 2.73. The highest BCUT2D eigenvalue weighted by molar-refractivity contribution is 5.89. The first-order chi connectivity index (χ1) is 7.68. The number of aryl methyl sites for hydroxylation is 1. The van der Waals surface area contributed by atoms with E-state index in [1.165, 1.54) is 0 Å². The van der Waals surface area contributed by atoms with Gasteiger partial charge < -0.3 is 9.84 Å². The van der Waals surface area contributed by atoms with Crippen molar-refractivity contribution in [1.82, 2.24) is 0 Å². The first-order valence-electron chi connectivity index (χ1n) is 5.62. The molecule has 1 atom stereocenters. The third-order valence-electron chi connectivity index (χ3n) is 3.10. The number of ether oxygens (including phenoxy) is 1. The monoisotopic (exact) mass is 220 g/mol. The number of aromatic carboxylic acids is 1. The molecule has 1 aromatic carbocycles. The van der Waals surface area contributed by atoms with E-state index in [0.717, 1.165) is 30.6 Å². The molecule has 1 fully saturated rings. The van der Waals surface area contributed by atoms with E-state index in [1.807, 2.05) is 13.0 Å². The predicted molar refractivity (Wildman–Crippen MR) is 60.8 cm³/mol. The topological polar surface area (TPSA) is 46.5 Å². The molecule has 1 saturated heterocycles. The Balaban J connectivity index is 2.26. The first kappa shape index (κ1) is 11.1. The van der Waals surface area contributed by atoms with Gasteiger partial charge in [0.15, 0.2) is 0 Å². The van der Waals surface area contributed by atoms with Gasteiger partial charge in [0.25, 0.3) is 0 Å². The summed E-state index contributed by atoms with van der Waals surface area (Å²) < 4.78 is 5.55. The maximum absolute atomic E-state index is 11.1. The van der Waals surface area contributed by atoms with Crippen molar-refractivity contribution in [3.63, 3.8) is 0 Å². The third kappa shape index (κ3) is 2.25. The van der Waals surface area contributed by atoms with Crippen LogP contribution in [0.15, 0.2) is 18.2 Å². The summed E-state index contributed by atoms with van der Waals surface area (Å²) in [5.74, 6) is -0.850. The second-order valence-corrected chi connectivity index (χ2v) is 4.25. The van der Waals surface area contributed by atoms with Gasteiger partial charge in [-0.1, -0.05) is 12.1 Å². The van der Waals surface area contributed by atoms with Crippen LogP contribution in [0.4, 0.5) is 0 Å². The molecule has 1 aromatic rings. The van der Waals surface area contributed by atoms with E-state index in [9.17, 15) is 4.79 Å². The molecule has 0 saturated carbocycles. The Bertz CT molecular complexity index is 392. The molecule has 1 aliphatic heterocycles. The van der Waals surface area contributed by atoms with Crippen molar-refractivity contribution < 1.29 is 14.6 Å². The Morgan fingerprint density at radius 2 is 2.38 bits per heavy atom. The van der Waals surface area contributed by atoms with Gasteiger partial charge in [-0.25, -0.2) is 4.79 Å². The highest BCUT2D eigenvalue weighted by Crippen LogP contribution is 2.22. The van der Waals surface area contributed by atoms with E-state index >= 15 is 0 Å². The molecule has 2 rings (SSSR count). The fourth-order valence-electron chi connectivity index (χ4n) is 2.21. The smallest absolute Gasteiger partial charge is 0.335 e. The zero-order chi connectivity index (χ0) is 11.5. The molecular formula is C13H16O3. The van der Waals surface area contributed by atoms with Crippen LogP contribution in [-0.2, 0) is 11.2 Å². The third-order valence-corrected chi connectivity index (χ3v) is 3.10. The number of benzene rings is 1. The largest absolute Gasteiger partial charge is 0.478 e. The molecule has 1 aliphatic rings. The molecule has 1 heterocycles. The van der Waals surface area contributed by atoms with Gasteiger partial charge in [-0.15, -0.1) is 0 Å². The van der Waals surface area contributed by atoms with E-state index in [-0.39, 0.29) is 6.10 Å². The van der Waals surface area contributed by atoms with Crippen LogP contribution >= 0.6 is 0 Å². The summed E-state index contributed by atoms with van der Waals surface area (Å²) >= 11 is 0. The summed E-state index contributed by atoms with van der Waals surface area (Å²) in [4.78, 5) is 11.1. The minimum Gasteiger partial charge on any atom is -0.478 e. The summed E-state index contributed by atoms with van der Waals surface area (Å²) in [6.07, 6.45) is 3.03. The molecule has 3 nitrogen and oxygen atoms in total. The van der Waals surface area contributed by atoms with Gasteiger partial charge >= 0.3 is 5.97 Å².